The number of hydrogen-bond acceptors (Lipinski definition) is 2. The number of hydrazone groups is 1. The average molecular weight is 353 g/mol. The molecule has 3 aromatic carbocycles. The van der Waals surface area contributed by atoms with Crippen LogP contribution in [0.25, 0.3) is 11.1 Å². The molecular weight excluding hydrogens is 339 g/mol. The summed E-state index contributed by atoms with van der Waals surface area (Å²) in [6.45, 7) is 0. The van der Waals surface area contributed by atoms with Gasteiger partial charge in [-0.15, -0.1) is 0 Å². The second-order valence-electron chi connectivity index (χ2n) is 5.28. The molecule has 0 unspecified atom stereocenters. The van der Waals surface area contributed by atoms with Crippen LogP contribution in [-0.2, 0) is 0 Å². The van der Waals surface area contributed by atoms with Crippen molar-refractivity contribution in [2.45, 2.75) is 0 Å². The summed E-state index contributed by atoms with van der Waals surface area (Å²) in [4.78, 5) is 12.1. The second-order valence-corrected chi connectivity index (χ2v) is 5.69. The van der Waals surface area contributed by atoms with Crippen molar-refractivity contribution in [2.24, 2.45) is 5.10 Å². The molecule has 0 aliphatic heterocycles. The van der Waals surface area contributed by atoms with Crippen molar-refractivity contribution in [3.63, 3.8) is 0 Å². The van der Waals surface area contributed by atoms with Gasteiger partial charge in [-0.25, -0.2) is 9.82 Å². The predicted molar refractivity (Wildman–Crippen MR) is 98.3 cm³/mol. The first kappa shape index (κ1) is 16.9. The summed E-state index contributed by atoms with van der Waals surface area (Å²) < 4.78 is 13.6. The largest absolute Gasteiger partial charge is 0.271 e. The van der Waals surface area contributed by atoms with Crippen LogP contribution in [0.4, 0.5) is 4.39 Å². The van der Waals surface area contributed by atoms with Gasteiger partial charge in [0.05, 0.1) is 11.2 Å². The summed E-state index contributed by atoms with van der Waals surface area (Å²) in [6, 6.07) is 21.3. The van der Waals surface area contributed by atoms with Gasteiger partial charge >= 0.3 is 0 Å². The average Bonchev–Trinajstić information content (AvgIpc) is 2.65. The smallest absolute Gasteiger partial charge is 0.267 e. The van der Waals surface area contributed by atoms with E-state index < -0.39 is 5.82 Å². The van der Waals surface area contributed by atoms with Gasteiger partial charge in [0.15, 0.2) is 0 Å². The van der Waals surface area contributed by atoms with Crippen LogP contribution in [0, 0.1) is 5.82 Å². The highest BCUT2D eigenvalue weighted by Gasteiger charge is 2.06. The maximum Gasteiger partial charge on any atom is 0.271 e. The Morgan fingerprint density at radius 1 is 0.920 bits per heavy atom. The first-order chi connectivity index (χ1) is 12.1. The van der Waals surface area contributed by atoms with Crippen molar-refractivity contribution in [3.8, 4) is 11.1 Å². The summed E-state index contributed by atoms with van der Waals surface area (Å²) in [5.74, 6) is -0.888. The summed E-state index contributed by atoms with van der Waals surface area (Å²) in [5, 5.41) is 4.00. The SMILES string of the molecule is O=C(N/N=C/c1c(F)cccc1Cl)c1ccc(-c2ccccc2)cc1. The third-order valence-electron chi connectivity index (χ3n) is 3.61. The van der Waals surface area contributed by atoms with Gasteiger partial charge in [0, 0.05) is 11.1 Å². The van der Waals surface area contributed by atoms with Crippen LogP contribution < -0.4 is 5.43 Å². The molecule has 0 aromatic heterocycles. The van der Waals surface area contributed by atoms with Crippen molar-refractivity contribution in [1.82, 2.24) is 5.43 Å². The molecule has 0 fully saturated rings. The lowest BCUT2D eigenvalue weighted by Crippen LogP contribution is -2.17. The van der Waals surface area contributed by atoms with Gasteiger partial charge in [-0.2, -0.15) is 5.10 Å². The quantitative estimate of drug-likeness (QED) is 0.526. The zero-order valence-electron chi connectivity index (χ0n) is 13.1. The van der Waals surface area contributed by atoms with Gasteiger partial charge in [-0.1, -0.05) is 60.1 Å². The number of halogens is 2. The van der Waals surface area contributed by atoms with Crippen LogP contribution in [-0.4, -0.2) is 12.1 Å². The van der Waals surface area contributed by atoms with Crippen LogP contribution in [0.1, 0.15) is 15.9 Å². The summed E-state index contributed by atoms with van der Waals surface area (Å²) >= 11 is 5.89. The Morgan fingerprint density at radius 2 is 1.60 bits per heavy atom. The summed E-state index contributed by atoms with van der Waals surface area (Å²) in [6.07, 6.45) is 1.19. The van der Waals surface area contributed by atoms with Crippen molar-refractivity contribution >= 4 is 23.7 Å². The van der Waals surface area contributed by atoms with Crippen molar-refractivity contribution in [1.29, 1.82) is 0 Å². The fourth-order valence-electron chi connectivity index (χ4n) is 2.30. The van der Waals surface area contributed by atoms with E-state index in [2.05, 4.69) is 10.5 Å². The zero-order chi connectivity index (χ0) is 17.6. The molecule has 0 bridgehead atoms. The monoisotopic (exact) mass is 352 g/mol. The van der Waals surface area contributed by atoms with E-state index in [-0.39, 0.29) is 16.5 Å². The van der Waals surface area contributed by atoms with Gasteiger partial charge in [0.2, 0.25) is 0 Å². The van der Waals surface area contributed by atoms with Gasteiger partial charge in [0.1, 0.15) is 5.82 Å². The van der Waals surface area contributed by atoms with E-state index >= 15 is 0 Å². The molecule has 3 nitrogen and oxygen atoms in total. The molecule has 0 aliphatic rings. The van der Waals surface area contributed by atoms with E-state index in [0.717, 1.165) is 11.1 Å². The van der Waals surface area contributed by atoms with E-state index in [0.29, 0.717) is 5.56 Å². The lowest BCUT2D eigenvalue weighted by molar-refractivity contribution is 0.0955. The van der Waals surface area contributed by atoms with Crippen molar-refractivity contribution < 1.29 is 9.18 Å². The Labute approximate surface area is 149 Å². The lowest BCUT2D eigenvalue weighted by Gasteiger charge is -2.04. The van der Waals surface area contributed by atoms with Gasteiger partial charge in [-0.3, -0.25) is 4.79 Å². The molecule has 0 saturated carbocycles. The fourth-order valence-corrected chi connectivity index (χ4v) is 2.51. The minimum Gasteiger partial charge on any atom is -0.267 e. The van der Waals surface area contributed by atoms with Gasteiger partial charge in [0.25, 0.3) is 5.91 Å². The molecule has 0 spiro atoms. The number of amides is 1. The molecular formula is C20H14ClFN2O. The number of rotatable bonds is 4. The molecule has 3 rings (SSSR count). The highest BCUT2D eigenvalue weighted by atomic mass is 35.5. The highest BCUT2D eigenvalue weighted by Crippen LogP contribution is 2.19. The van der Waals surface area contributed by atoms with E-state index in [1.165, 1.54) is 18.3 Å². The minimum absolute atomic E-state index is 0.129. The van der Waals surface area contributed by atoms with Crippen molar-refractivity contribution in [2.75, 3.05) is 0 Å². The fraction of sp³-hybridized carbons (Fsp3) is 0. The Balaban J connectivity index is 1.68. The number of hydrogen-bond donors (Lipinski definition) is 1. The topological polar surface area (TPSA) is 41.5 Å². The first-order valence-electron chi connectivity index (χ1n) is 7.58. The number of carbonyl (C=O) groups is 1. The maximum absolute atomic E-state index is 13.6. The second kappa shape index (κ2) is 7.73. The van der Waals surface area contributed by atoms with Crippen LogP contribution in [0.5, 0.6) is 0 Å². The maximum atomic E-state index is 13.6. The molecule has 5 heteroatoms. The minimum atomic E-state index is -0.502. The van der Waals surface area contributed by atoms with Gasteiger partial charge in [-0.05, 0) is 35.4 Å². The van der Waals surface area contributed by atoms with Gasteiger partial charge < -0.3 is 0 Å². The number of benzene rings is 3. The molecule has 1 amide bonds. The Hall–Kier alpha value is -2.98. The highest BCUT2D eigenvalue weighted by molar-refractivity contribution is 6.33. The molecule has 3 aromatic rings. The Bertz CT molecular complexity index is 888. The Kier molecular flexibility index (Phi) is 5.21. The molecule has 0 radical (unpaired) electrons. The summed E-state index contributed by atoms with van der Waals surface area (Å²) in [7, 11) is 0. The van der Waals surface area contributed by atoms with Crippen molar-refractivity contribution in [3.05, 3.63) is 94.8 Å². The third kappa shape index (κ3) is 4.11. The van der Waals surface area contributed by atoms with Crippen LogP contribution in [0.2, 0.25) is 5.02 Å². The van der Waals surface area contributed by atoms with E-state index in [4.69, 9.17) is 11.6 Å². The summed E-state index contributed by atoms with van der Waals surface area (Å²) in [5.41, 5.74) is 5.03. The van der Waals surface area contributed by atoms with Crippen LogP contribution in [0.3, 0.4) is 0 Å². The number of carbonyl (C=O) groups excluding carboxylic acids is 1. The molecule has 0 aliphatic carbocycles. The lowest BCUT2D eigenvalue weighted by atomic mass is 10.0. The van der Waals surface area contributed by atoms with E-state index in [9.17, 15) is 9.18 Å². The molecule has 1 N–H and O–H groups in total. The molecule has 124 valence electrons. The molecule has 0 heterocycles. The first-order valence-corrected chi connectivity index (χ1v) is 7.96. The number of nitrogens with zero attached hydrogens (tertiary/aromatic N) is 1. The predicted octanol–water partition coefficient (Wildman–Crippen LogP) is 4.91. The zero-order valence-corrected chi connectivity index (χ0v) is 13.9. The normalized spacial score (nSPS) is 10.8. The van der Waals surface area contributed by atoms with E-state index in [1.54, 1.807) is 18.2 Å². The third-order valence-corrected chi connectivity index (χ3v) is 3.94. The van der Waals surface area contributed by atoms with Crippen LogP contribution >= 0.6 is 11.6 Å². The van der Waals surface area contributed by atoms with E-state index in [1.807, 2.05) is 42.5 Å². The Morgan fingerprint density at radius 3 is 2.28 bits per heavy atom. The molecule has 0 atom stereocenters. The number of nitrogens with one attached hydrogen (secondary N) is 1. The molecule has 25 heavy (non-hydrogen) atoms. The molecule has 0 saturated heterocycles. The van der Waals surface area contributed by atoms with Crippen LogP contribution in [0.15, 0.2) is 77.9 Å². The standard InChI is InChI=1S/C20H14ClFN2O/c21-18-7-4-8-19(22)17(18)13-23-24-20(25)16-11-9-15(10-12-16)14-5-2-1-3-6-14/h1-13H,(H,24,25)/b23-13+.